The smallest absolute Gasteiger partial charge is 0.241 e. The van der Waals surface area contributed by atoms with Gasteiger partial charge in [0.15, 0.2) is 16.6 Å². The van der Waals surface area contributed by atoms with E-state index < -0.39 is 0 Å². The Bertz CT molecular complexity index is 680. The van der Waals surface area contributed by atoms with Gasteiger partial charge < -0.3 is 14.8 Å². The Morgan fingerprint density at radius 3 is 2.38 bits per heavy atom. The number of methoxy groups -OCH3 is 1. The van der Waals surface area contributed by atoms with Crippen molar-refractivity contribution in [2.24, 2.45) is 0 Å². The van der Waals surface area contributed by atoms with Crippen LogP contribution < -0.4 is 25.6 Å². The fraction of sp³-hybridized carbons (Fsp3) is 0.176. The van der Waals surface area contributed by atoms with E-state index in [4.69, 9.17) is 21.7 Å². The maximum Gasteiger partial charge on any atom is 0.241 e. The van der Waals surface area contributed by atoms with Crippen LogP contribution in [0.15, 0.2) is 54.6 Å². The number of anilines is 1. The second-order valence-corrected chi connectivity index (χ2v) is 5.15. The lowest BCUT2D eigenvalue weighted by Gasteiger charge is -2.12. The molecule has 0 unspecified atom stereocenters. The third kappa shape index (κ3) is 5.77. The Morgan fingerprint density at radius 2 is 1.67 bits per heavy atom. The number of amides is 1. The summed E-state index contributed by atoms with van der Waals surface area (Å²) in [6.07, 6.45) is 0.180. The van der Waals surface area contributed by atoms with E-state index in [0.717, 1.165) is 5.69 Å². The number of carbonyl (C=O) groups excluding carboxylic acids is 1. The Labute approximate surface area is 146 Å². The van der Waals surface area contributed by atoms with Crippen LogP contribution in [0.3, 0.4) is 0 Å². The van der Waals surface area contributed by atoms with Crippen LogP contribution in [0.5, 0.6) is 11.5 Å². The summed E-state index contributed by atoms with van der Waals surface area (Å²) in [5, 5.41) is 3.26. The Kier molecular flexibility index (Phi) is 6.85. The predicted octanol–water partition coefficient (Wildman–Crippen LogP) is 2.48. The molecule has 0 aliphatic carbocycles. The van der Waals surface area contributed by atoms with Gasteiger partial charge in [-0.15, -0.1) is 0 Å². The van der Waals surface area contributed by atoms with Crippen molar-refractivity contribution in [1.29, 1.82) is 0 Å². The SMILES string of the molecule is COc1ccccc1OCCC(=O)NNC(=S)Nc1ccccc1. The number of hydrogen-bond acceptors (Lipinski definition) is 4. The lowest BCUT2D eigenvalue weighted by molar-refractivity contribution is -0.122. The lowest BCUT2D eigenvalue weighted by Crippen LogP contribution is -2.44. The van der Waals surface area contributed by atoms with Crippen molar-refractivity contribution in [3.8, 4) is 11.5 Å². The van der Waals surface area contributed by atoms with Gasteiger partial charge in [-0.3, -0.25) is 15.6 Å². The molecule has 0 saturated heterocycles. The van der Waals surface area contributed by atoms with E-state index in [9.17, 15) is 4.79 Å². The predicted molar refractivity (Wildman–Crippen MR) is 97.0 cm³/mol. The first kappa shape index (κ1) is 17.6. The van der Waals surface area contributed by atoms with Gasteiger partial charge in [-0.05, 0) is 36.5 Å². The van der Waals surface area contributed by atoms with Gasteiger partial charge in [0, 0.05) is 5.69 Å². The highest BCUT2D eigenvalue weighted by molar-refractivity contribution is 7.80. The first-order valence-corrected chi connectivity index (χ1v) is 7.76. The van der Waals surface area contributed by atoms with E-state index in [1.165, 1.54) is 0 Å². The second kappa shape index (κ2) is 9.36. The summed E-state index contributed by atoms with van der Waals surface area (Å²) in [5.41, 5.74) is 5.99. The highest BCUT2D eigenvalue weighted by Gasteiger charge is 2.06. The number of carbonyl (C=O) groups is 1. The van der Waals surface area contributed by atoms with Crippen LogP contribution in [0.25, 0.3) is 0 Å². The molecule has 6 nitrogen and oxygen atoms in total. The minimum Gasteiger partial charge on any atom is -0.493 e. The van der Waals surface area contributed by atoms with Crippen molar-refractivity contribution in [1.82, 2.24) is 10.9 Å². The molecule has 7 heteroatoms. The number of hydrogen-bond donors (Lipinski definition) is 3. The number of ether oxygens (including phenoxy) is 2. The van der Waals surface area contributed by atoms with Crippen LogP contribution in [0.1, 0.15) is 6.42 Å². The molecule has 0 spiro atoms. The van der Waals surface area contributed by atoms with Gasteiger partial charge in [0.2, 0.25) is 5.91 Å². The van der Waals surface area contributed by atoms with Crippen molar-refractivity contribution >= 4 is 28.9 Å². The molecule has 0 fully saturated rings. The third-order valence-electron chi connectivity index (χ3n) is 3.00. The fourth-order valence-corrected chi connectivity index (χ4v) is 2.03. The van der Waals surface area contributed by atoms with Crippen LogP contribution in [0.4, 0.5) is 5.69 Å². The molecule has 0 heterocycles. The summed E-state index contributed by atoms with van der Waals surface area (Å²) in [7, 11) is 1.57. The van der Waals surface area contributed by atoms with Crippen molar-refractivity contribution < 1.29 is 14.3 Å². The molecule has 3 N–H and O–H groups in total. The van der Waals surface area contributed by atoms with Crippen molar-refractivity contribution in [2.45, 2.75) is 6.42 Å². The van der Waals surface area contributed by atoms with Gasteiger partial charge in [-0.1, -0.05) is 30.3 Å². The first-order chi connectivity index (χ1) is 11.7. The van der Waals surface area contributed by atoms with Crippen LogP contribution in [0.2, 0.25) is 0 Å². The molecule has 2 aromatic carbocycles. The largest absolute Gasteiger partial charge is 0.493 e. The zero-order chi connectivity index (χ0) is 17.2. The molecular formula is C17H19N3O3S. The van der Waals surface area contributed by atoms with Gasteiger partial charge >= 0.3 is 0 Å². The number of benzene rings is 2. The highest BCUT2D eigenvalue weighted by Crippen LogP contribution is 2.25. The van der Waals surface area contributed by atoms with Crippen LogP contribution >= 0.6 is 12.2 Å². The van der Waals surface area contributed by atoms with E-state index in [-0.39, 0.29) is 18.9 Å². The van der Waals surface area contributed by atoms with E-state index in [0.29, 0.717) is 16.6 Å². The van der Waals surface area contributed by atoms with Crippen LogP contribution in [-0.4, -0.2) is 24.7 Å². The standard InChI is InChI=1S/C17H19N3O3S/c1-22-14-9-5-6-10-15(14)23-12-11-16(21)19-20-17(24)18-13-7-3-2-4-8-13/h2-10H,11-12H2,1H3,(H,19,21)(H2,18,20,24). The topological polar surface area (TPSA) is 71.6 Å². The van der Waals surface area contributed by atoms with E-state index >= 15 is 0 Å². The lowest BCUT2D eigenvalue weighted by atomic mass is 10.3. The zero-order valence-corrected chi connectivity index (χ0v) is 14.1. The Hall–Kier alpha value is -2.80. The summed E-state index contributed by atoms with van der Waals surface area (Å²) >= 11 is 5.09. The summed E-state index contributed by atoms with van der Waals surface area (Å²) in [4.78, 5) is 11.8. The van der Waals surface area contributed by atoms with Gasteiger partial charge in [0.1, 0.15) is 0 Å². The normalized spacial score (nSPS) is 9.71. The molecule has 126 valence electrons. The number of thiocarbonyl (C=S) groups is 1. The molecule has 0 atom stereocenters. The molecule has 0 aromatic heterocycles. The molecule has 1 amide bonds. The Balaban J connectivity index is 1.67. The number of hydrazine groups is 1. The number of rotatable bonds is 6. The van der Waals surface area contributed by atoms with Gasteiger partial charge in [0.25, 0.3) is 0 Å². The minimum atomic E-state index is -0.234. The second-order valence-electron chi connectivity index (χ2n) is 4.74. The van der Waals surface area contributed by atoms with Gasteiger partial charge in [-0.2, -0.15) is 0 Å². The van der Waals surface area contributed by atoms with Crippen molar-refractivity contribution in [3.05, 3.63) is 54.6 Å². The van der Waals surface area contributed by atoms with Gasteiger partial charge in [-0.25, -0.2) is 0 Å². The van der Waals surface area contributed by atoms with E-state index in [1.54, 1.807) is 19.2 Å². The van der Waals surface area contributed by atoms with E-state index in [2.05, 4.69) is 16.2 Å². The minimum absolute atomic E-state index is 0.180. The zero-order valence-electron chi connectivity index (χ0n) is 13.2. The summed E-state index contributed by atoms with van der Waals surface area (Å²) in [6.45, 7) is 0.229. The van der Waals surface area contributed by atoms with Crippen molar-refractivity contribution in [3.63, 3.8) is 0 Å². The monoisotopic (exact) mass is 345 g/mol. The molecule has 0 radical (unpaired) electrons. The molecular weight excluding hydrogens is 326 g/mol. The number of para-hydroxylation sites is 3. The molecule has 0 saturated carbocycles. The molecule has 0 aliphatic rings. The first-order valence-electron chi connectivity index (χ1n) is 7.36. The Morgan fingerprint density at radius 1 is 1.00 bits per heavy atom. The van der Waals surface area contributed by atoms with Crippen molar-refractivity contribution in [2.75, 3.05) is 19.0 Å². The average Bonchev–Trinajstić information content (AvgIpc) is 2.61. The average molecular weight is 345 g/mol. The van der Waals surface area contributed by atoms with Gasteiger partial charge in [0.05, 0.1) is 20.1 Å². The molecule has 24 heavy (non-hydrogen) atoms. The fourth-order valence-electron chi connectivity index (χ4n) is 1.86. The van der Waals surface area contributed by atoms with Crippen LogP contribution in [-0.2, 0) is 4.79 Å². The molecule has 0 bridgehead atoms. The summed E-state index contributed by atoms with van der Waals surface area (Å²) in [5.74, 6) is 0.994. The molecule has 0 aliphatic heterocycles. The highest BCUT2D eigenvalue weighted by atomic mass is 32.1. The third-order valence-corrected chi connectivity index (χ3v) is 3.21. The molecule has 2 aromatic rings. The maximum atomic E-state index is 11.8. The molecule has 2 rings (SSSR count). The number of nitrogens with one attached hydrogen (secondary N) is 3. The summed E-state index contributed by atoms with van der Waals surface area (Å²) in [6, 6.07) is 16.7. The van der Waals surface area contributed by atoms with E-state index in [1.807, 2.05) is 42.5 Å². The quantitative estimate of drug-likeness (QED) is 0.552. The maximum absolute atomic E-state index is 11.8. The summed E-state index contributed by atoms with van der Waals surface area (Å²) < 4.78 is 10.7. The van der Waals surface area contributed by atoms with Crippen LogP contribution in [0, 0.1) is 0 Å².